The first-order valence-corrected chi connectivity index (χ1v) is 5.26. The van der Waals surface area contributed by atoms with Crippen LogP contribution in [0.25, 0.3) is 0 Å². The maximum absolute atomic E-state index is 8.86. The van der Waals surface area contributed by atoms with Gasteiger partial charge in [0.1, 0.15) is 0 Å². The van der Waals surface area contributed by atoms with Crippen LogP contribution in [0, 0.1) is 16.7 Å². The summed E-state index contributed by atoms with van der Waals surface area (Å²) in [5.41, 5.74) is 0.237. The number of rotatable bonds is 6. The molecule has 0 aromatic rings. The lowest BCUT2D eigenvalue weighted by Gasteiger charge is -2.27. The molecule has 1 saturated carbocycles. The molecule has 1 fully saturated rings. The van der Waals surface area contributed by atoms with Gasteiger partial charge in [-0.2, -0.15) is 5.26 Å². The van der Waals surface area contributed by atoms with Gasteiger partial charge in [0.15, 0.2) is 0 Å². The topological polar surface area (TPSA) is 56.0 Å². The number of nitriles is 1. The molecule has 1 rings (SSSR count). The minimum Gasteiger partial charge on any atom is -0.396 e. The van der Waals surface area contributed by atoms with Gasteiger partial charge in [-0.15, -0.1) is 0 Å². The fraction of sp³-hybridized carbons (Fsp3) is 0.909. The second-order valence-corrected chi connectivity index (χ2v) is 5.05. The summed E-state index contributed by atoms with van der Waals surface area (Å²) in [6.45, 7) is 5.30. The Morgan fingerprint density at radius 2 is 2.14 bits per heavy atom. The molecule has 2 N–H and O–H groups in total. The van der Waals surface area contributed by atoms with Crippen molar-refractivity contribution in [2.75, 3.05) is 13.2 Å². The van der Waals surface area contributed by atoms with Gasteiger partial charge in [0.05, 0.1) is 6.07 Å². The van der Waals surface area contributed by atoms with Crippen molar-refractivity contribution in [2.45, 2.75) is 45.1 Å². The molecule has 3 heteroatoms. The maximum Gasteiger partial charge on any atom is 0.0628 e. The van der Waals surface area contributed by atoms with Crippen molar-refractivity contribution >= 4 is 0 Å². The zero-order valence-corrected chi connectivity index (χ0v) is 9.14. The molecule has 0 amide bonds. The normalized spacial score (nSPS) is 19.0. The van der Waals surface area contributed by atoms with E-state index in [0.29, 0.717) is 6.42 Å². The Labute approximate surface area is 86.1 Å². The zero-order valence-electron chi connectivity index (χ0n) is 9.14. The molecule has 0 unspecified atom stereocenters. The highest BCUT2D eigenvalue weighted by atomic mass is 16.3. The Morgan fingerprint density at radius 3 is 2.57 bits per heavy atom. The Balaban J connectivity index is 2.29. The van der Waals surface area contributed by atoms with Crippen molar-refractivity contribution in [3.05, 3.63) is 0 Å². The Bertz CT molecular complexity index is 226. The van der Waals surface area contributed by atoms with Crippen LogP contribution in [-0.4, -0.2) is 23.8 Å². The van der Waals surface area contributed by atoms with Gasteiger partial charge in [-0.1, -0.05) is 0 Å². The Hall–Kier alpha value is -0.590. The number of aliphatic hydroxyl groups excluding tert-OH is 1. The molecule has 0 aliphatic heterocycles. The van der Waals surface area contributed by atoms with Crippen molar-refractivity contribution < 1.29 is 5.11 Å². The Kier molecular flexibility index (Phi) is 3.52. The zero-order chi connectivity index (χ0) is 10.7. The van der Waals surface area contributed by atoms with Gasteiger partial charge in [0.25, 0.3) is 0 Å². The fourth-order valence-corrected chi connectivity index (χ4v) is 1.56. The van der Waals surface area contributed by atoms with Crippen molar-refractivity contribution in [2.24, 2.45) is 5.41 Å². The predicted octanol–water partition coefficient (Wildman–Crippen LogP) is 1.43. The summed E-state index contributed by atoms with van der Waals surface area (Å²) in [6.07, 6.45) is 3.76. The second kappa shape index (κ2) is 4.29. The van der Waals surface area contributed by atoms with Crippen molar-refractivity contribution in [1.82, 2.24) is 5.32 Å². The first-order valence-electron chi connectivity index (χ1n) is 5.26. The van der Waals surface area contributed by atoms with Gasteiger partial charge in [0.2, 0.25) is 0 Å². The quantitative estimate of drug-likeness (QED) is 0.675. The van der Waals surface area contributed by atoms with Gasteiger partial charge < -0.3 is 10.4 Å². The van der Waals surface area contributed by atoms with Crippen molar-refractivity contribution in [1.29, 1.82) is 5.26 Å². The van der Waals surface area contributed by atoms with E-state index < -0.39 is 0 Å². The first kappa shape index (κ1) is 11.5. The molecule has 14 heavy (non-hydrogen) atoms. The summed E-state index contributed by atoms with van der Waals surface area (Å²) >= 11 is 0. The van der Waals surface area contributed by atoms with Crippen molar-refractivity contribution in [3.63, 3.8) is 0 Å². The molecule has 0 bridgehead atoms. The van der Waals surface area contributed by atoms with Crippen LogP contribution in [-0.2, 0) is 0 Å². The molecular formula is C11H20N2O. The van der Waals surface area contributed by atoms with Crippen LogP contribution in [0.1, 0.15) is 39.5 Å². The van der Waals surface area contributed by atoms with E-state index in [9.17, 15) is 0 Å². The van der Waals surface area contributed by atoms with E-state index in [0.717, 1.165) is 13.0 Å². The van der Waals surface area contributed by atoms with Gasteiger partial charge in [-0.3, -0.25) is 0 Å². The van der Waals surface area contributed by atoms with E-state index >= 15 is 0 Å². The summed E-state index contributed by atoms with van der Waals surface area (Å²) in [7, 11) is 0. The lowest BCUT2D eigenvalue weighted by atomic mass is 9.97. The minimum absolute atomic E-state index is 0.0141. The highest BCUT2D eigenvalue weighted by Gasteiger charge is 2.42. The third-order valence-electron chi connectivity index (χ3n) is 3.09. The molecule has 1 aliphatic rings. The van der Waals surface area contributed by atoms with Gasteiger partial charge >= 0.3 is 0 Å². The molecule has 0 saturated heterocycles. The highest BCUT2D eigenvalue weighted by Crippen LogP contribution is 2.48. The molecule has 3 nitrogen and oxygen atoms in total. The molecule has 0 heterocycles. The van der Waals surface area contributed by atoms with Gasteiger partial charge in [-0.05, 0) is 38.5 Å². The molecule has 80 valence electrons. The Morgan fingerprint density at radius 1 is 1.50 bits per heavy atom. The lowest BCUT2D eigenvalue weighted by molar-refractivity contribution is 0.223. The van der Waals surface area contributed by atoms with E-state index in [1.165, 1.54) is 12.8 Å². The lowest BCUT2D eigenvalue weighted by Crippen LogP contribution is -2.43. The number of hydrogen-bond donors (Lipinski definition) is 2. The van der Waals surface area contributed by atoms with Gasteiger partial charge in [-0.25, -0.2) is 0 Å². The van der Waals surface area contributed by atoms with E-state index in [4.69, 9.17) is 10.4 Å². The van der Waals surface area contributed by atoms with E-state index in [1.807, 2.05) is 0 Å². The van der Waals surface area contributed by atoms with Crippen LogP contribution < -0.4 is 5.32 Å². The molecule has 0 radical (unpaired) electrons. The second-order valence-electron chi connectivity index (χ2n) is 5.05. The fourth-order valence-electron chi connectivity index (χ4n) is 1.56. The number of nitrogens with zero attached hydrogens (tertiary/aromatic N) is 1. The van der Waals surface area contributed by atoms with Gasteiger partial charge in [0, 0.05) is 25.1 Å². The van der Waals surface area contributed by atoms with Crippen LogP contribution in [0.15, 0.2) is 0 Å². The number of hydrogen-bond acceptors (Lipinski definition) is 3. The monoisotopic (exact) mass is 196 g/mol. The van der Waals surface area contributed by atoms with Crippen LogP contribution in [0.3, 0.4) is 0 Å². The van der Waals surface area contributed by atoms with Crippen LogP contribution in [0.5, 0.6) is 0 Å². The third kappa shape index (κ3) is 3.28. The van der Waals surface area contributed by atoms with Crippen LogP contribution in [0.2, 0.25) is 0 Å². The predicted molar refractivity (Wildman–Crippen MR) is 55.7 cm³/mol. The molecule has 0 spiro atoms. The maximum atomic E-state index is 8.86. The molecular weight excluding hydrogens is 176 g/mol. The van der Waals surface area contributed by atoms with Crippen molar-refractivity contribution in [3.8, 4) is 6.07 Å². The van der Waals surface area contributed by atoms with E-state index in [-0.39, 0.29) is 17.6 Å². The van der Waals surface area contributed by atoms with E-state index in [2.05, 4.69) is 25.2 Å². The minimum atomic E-state index is -0.0141. The summed E-state index contributed by atoms with van der Waals surface area (Å²) in [5.74, 6) is 0. The smallest absolute Gasteiger partial charge is 0.0628 e. The largest absolute Gasteiger partial charge is 0.396 e. The SMILES string of the molecule is CC(C)(CCO)NCC1(CC#N)CC1. The summed E-state index contributed by atoms with van der Waals surface area (Å²) < 4.78 is 0. The molecule has 0 atom stereocenters. The molecule has 0 aromatic carbocycles. The summed E-state index contributed by atoms with van der Waals surface area (Å²) in [6, 6.07) is 2.25. The highest BCUT2D eigenvalue weighted by molar-refractivity contribution is 5.01. The number of nitrogens with one attached hydrogen (secondary N) is 1. The van der Waals surface area contributed by atoms with Crippen LogP contribution >= 0.6 is 0 Å². The number of aliphatic hydroxyl groups is 1. The average molecular weight is 196 g/mol. The molecule has 0 aromatic heterocycles. The molecule has 1 aliphatic carbocycles. The van der Waals surface area contributed by atoms with E-state index in [1.54, 1.807) is 0 Å². The summed E-state index contributed by atoms with van der Waals surface area (Å²) in [5, 5.41) is 21.0. The standard InChI is InChI=1S/C11H20N2O/c1-10(2,6-8-14)13-9-11(3-4-11)5-7-12/h13-14H,3-6,8-9H2,1-2H3. The summed E-state index contributed by atoms with van der Waals surface area (Å²) in [4.78, 5) is 0. The first-order chi connectivity index (χ1) is 6.54. The van der Waals surface area contributed by atoms with Crippen LogP contribution in [0.4, 0.5) is 0 Å². The average Bonchev–Trinajstić information content (AvgIpc) is 2.83. The third-order valence-corrected chi connectivity index (χ3v) is 3.09.